The highest BCUT2D eigenvalue weighted by Crippen LogP contribution is 2.33. The van der Waals surface area contributed by atoms with Crippen molar-refractivity contribution >= 4 is 22.8 Å². The molecule has 0 saturated heterocycles. The zero-order chi connectivity index (χ0) is 26.2. The molecule has 37 heavy (non-hydrogen) atoms. The molecule has 11 heteroatoms. The van der Waals surface area contributed by atoms with Gasteiger partial charge in [0.1, 0.15) is 5.75 Å². The normalized spacial score (nSPS) is 11.5. The second kappa shape index (κ2) is 9.34. The Bertz CT molecular complexity index is 1620. The van der Waals surface area contributed by atoms with Gasteiger partial charge in [0.2, 0.25) is 0 Å². The summed E-state index contributed by atoms with van der Waals surface area (Å²) in [6.07, 6.45) is 0.329. The Hall–Kier alpha value is -4.80. The van der Waals surface area contributed by atoms with Crippen LogP contribution in [0.1, 0.15) is 21.5 Å². The number of fused-ring (bicyclic) bond motifs is 1. The second-order valence-electron chi connectivity index (χ2n) is 8.23. The van der Waals surface area contributed by atoms with Crippen LogP contribution in [0.5, 0.6) is 11.6 Å². The number of carbonyl (C=O) groups excluding carboxylic acids is 1. The van der Waals surface area contributed by atoms with Crippen LogP contribution in [-0.4, -0.2) is 30.4 Å². The molecule has 0 aliphatic carbocycles. The van der Waals surface area contributed by atoms with Gasteiger partial charge in [0.15, 0.2) is 17.0 Å². The Balaban J connectivity index is 1.47. The van der Waals surface area contributed by atoms with E-state index in [1.165, 1.54) is 18.2 Å². The molecule has 1 N–H and O–H groups in total. The number of nitrogens with one attached hydrogen (secondary N) is 1. The lowest BCUT2D eigenvalue weighted by molar-refractivity contribution is -0.137. The molecule has 5 rings (SSSR count). The molecule has 0 radical (unpaired) electrons. The molecular weight excluding hydrogens is 485 g/mol. The van der Waals surface area contributed by atoms with Crippen LogP contribution in [0.4, 0.5) is 18.9 Å². The summed E-state index contributed by atoms with van der Waals surface area (Å²) in [5, 5.41) is 2.50. The zero-order valence-electron chi connectivity index (χ0n) is 19.6. The van der Waals surface area contributed by atoms with Crippen molar-refractivity contribution in [1.82, 2.24) is 24.5 Å². The van der Waals surface area contributed by atoms with Crippen LogP contribution in [0.2, 0.25) is 0 Å². The molecule has 0 aliphatic rings. The first-order chi connectivity index (χ1) is 17.7. The SMILES string of the molecule is Cc1ccc(C(=O)Nc2cccc(C(F)(F)F)c2)cc1Oc1nc(-c2ccncc2)nc2c1ncn2C. The predicted molar refractivity (Wildman–Crippen MR) is 130 cm³/mol. The number of benzene rings is 2. The number of carbonyl (C=O) groups is 1. The van der Waals surface area contributed by atoms with E-state index in [2.05, 4.69) is 25.3 Å². The summed E-state index contributed by atoms with van der Waals surface area (Å²) in [7, 11) is 1.80. The lowest BCUT2D eigenvalue weighted by Gasteiger charge is -2.13. The highest BCUT2D eigenvalue weighted by Gasteiger charge is 2.30. The van der Waals surface area contributed by atoms with Crippen molar-refractivity contribution in [2.45, 2.75) is 13.1 Å². The molecule has 3 heterocycles. The minimum atomic E-state index is -4.52. The number of alkyl halides is 3. The first-order valence-corrected chi connectivity index (χ1v) is 11.1. The average molecular weight is 504 g/mol. The first-order valence-electron chi connectivity index (χ1n) is 11.1. The smallest absolute Gasteiger partial charge is 0.416 e. The number of aryl methyl sites for hydroxylation is 2. The van der Waals surface area contributed by atoms with Crippen LogP contribution in [0.3, 0.4) is 0 Å². The molecule has 8 nitrogen and oxygen atoms in total. The number of amides is 1. The maximum Gasteiger partial charge on any atom is 0.416 e. The van der Waals surface area contributed by atoms with Crippen molar-refractivity contribution in [2.75, 3.05) is 5.32 Å². The van der Waals surface area contributed by atoms with E-state index in [-0.39, 0.29) is 17.1 Å². The molecule has 0 fully saturated rings. The quantitative estimate of drug-likeness (QED) is 0.325. The lowest BCUT2D eigenvalue weighted by atomic mass is 10.1. The van der Waals surface area contributed by atoms with E-state index < -0.39 is 17.6 Å². The second-order valence-corrected chi connectivity index (χ2v) is 8.23. The van der Waals surface area contributed by atoms with Gasteiger partial charge in [0.05, 0.1) is 11.9 Å². The van der Waals surface area contributed by atoms with Gasteiger partial charge in [0.25, 0.3) is 11.8 Å². The summed E-state index contributed by atoms with van der Waals surface area (Å²) >= 11 is 0. The highest BCUT2D eigenvalue weighted by molar-refractivity contribution is 6.04. The summed E-state index contributed by atoms with van der Waals surface area (Å²) in [6, 6.07) is 12.7. The summed E-state index contributed by atoms with van der Waals surface area (Å²) in [5.41, 5.74) is 1.78. The molecule has 1 amide bonds. The van der Waals surface area contributed by atoms with E-state index in [4.69, 9.17) is 4.74 Å². The Kier molecular flexibility index (Phi) is 6.04. The molecule has 0 spiro atoms. The number of pyridine rings is 1. The predicted octanol–water partition coefficient (Wildman–Crippen LogP) is 5.80. The molecular formula is C26H19F3N6O2. The molecule has 0 unspecified atom stereocenters. The van der Waals surface area contributed by atoms with Crippen LogP contribution in [0, 0.1) is 6.92 Å². The van der Waals surface area contributed by atoms with Crippen LogP contribution in [-0.2, 0) is 13.2 Å². The molecule has 0 aliphatic heterocycles. The Morgan fingerprint density at radius 1 is 1.03 bits per heavy atom. The highest BCUT2D eigenvalue weighted by atomic mass is 19.4. The van der Waals surface area contributed by atoms with Gasteiger partial charge in [-0.3, -0.25) is 9.78 Å². The maximum atomic E-state index is 13.0. The van der Waals surface area contributed by atoms with Gasteiger partial charge in [-0.25, -0.2) is 9.97 Å². The Morgan fingerprint density at radius 3 is 2.57 bits per heavy atom. The third-order valence-electron chi connectivity index (χ3n) is 5.57. The van der Waals surface area contributed by atoms with E-state index >= 15 is 0 Å². The lowest BCUT2D eigenvalue weighted by Crippen LogP contribution is -2.13. The van der Waals surface area contributed by atoms with Crippen LogP contribution < -0.4 is 10.1 Å². The minimum Gasteiger partial charge on any atom is -0.437 e. The monoisotopic (exact) mass is 504 g/mol. The summed E-state index contributed by atoms with van der Waals surface area (Å²) in [6.45, 7) is 1.80. The largest absolute Gasteiger partial charge is 0.437 e. The topological polar surface area (TPSA) is 94.8 Å². The molecule has 0 atom stereocenters. The third kappa shape index (κ3) is 4.96. The van der Waals surface area contributed by atoms with E-state index in [0.29, 0.717) is 28.3 Å². The van der Waals surface area contributed by atoms with Crippen molar-refractivity contribution in [2.24, 2.45) is 7.05 Å². The zero-order valence-corrected chi connectivity index (χ0v) is 19.6. The first kappa shape index (κ1) is 23.9. The van der Waals surface area contributed by atoms with Crippen molar-refractivity contribution in [3.05, 3.63) is 90.0 Å². The Morgan fingerprint density at radius 2 is 1.81 bits per heavy atom. The molecule has 186 valence electrons. The fourth-order valence-corrected chi connectivity index (χ4v) is 3.61. The number of halogens is 3. The Labute approximate surface area is 208 Å². The average Bonchev–Trinajstić information content (AvgIpc) is 3.26. The minimum absolute atomic E-state index is 0.0239. The van der Waals surface area contributed by atoms with E-state index in [1.54, 1.807) is 61.5 Å². The molecule has 0 saturated carbocycles. The summed E-state index contributed by atoms with van der Waals surface area (Å²) in [5.74, 6) is 0.343. The van der Waals surface area contributed by atoms with Gasteiger partial charge in [-0.15, -0.1) is 0 Å². The van der Waals surface area contributed by atoms with Crippen LogP contribution in [0.25, 0.3) is 22.6 Å². The number of nitrogens with zero attached hydrogens (tertiary/aromatic N) is 5. The number of ether oxygens (including phenoxy) is 1. The number of anilines is 1. The van der Waals surface area contributed by atoms with Crippen LogP contribution >= 0.6 is 0 Å². The third-order valence-corrected chi connectivity index (χ3v) is 5.57. The van der Waals surface area contributed by atoms with Gasteiger partial charge >= 0.3 is 6.18 Å². The maximum absolute atomic E-state index is 13.0. The van der Waals surface area contributed by atoms with Gasteiger partial charge in [-0.1, -0.05) is 12.1 Å². The summed E-state index contributed by atoms with van der Waals surface area (Å²) < 4.78 is 47.0. The number of hydrogen-bond acceptors (Lipinski definition) is 6. The van der Waals surface area contributed by atoms with Gasteiger partial charge in [0, 0.05) is 36.3 Å². The molecule has 2 aromatic carbocycles. The molecule has 5 aromatic rings. The summed E-state index contributed by atoms with van der Waals surface area (Å²) in [4.78, 5) is 30.4. The molecule has 3 aromatic heterocycles. The van der Waals surface area contributed by atoms with E-state index in [1.807, 2.05) is 0 Å². The molecule has 0 bridgehead atoms. The van der Waals surface area contributed by atoms with E-state index in [0.717, 1.165) is 17.7 Å². The van der Waals surface area contributed by atoms with Gasteiger partial charge < -0.3 is 14.6 Å². The van der Waals surface area contributed by atoms with Crippen molar-refractivity contribution in [3.63, 3.8) is 0 Å². The number of rotatable bonds is 5. The number of aromatic nitrogens is 5. The fourth-order valence-electron chi connectivity index (χ4n) is 3.61. The van der Waals surface area contributed by atoms with Crippen LogP contribution in [0.15, 0.2) is 73.3 Å². The van der Waals surface area contributed by atoms with E-state index in [9.17, 15) is 18.0 Å². The fraction of sp³-hybridized carbons (Fsp3) is 0.115. The standard InChI is InChI=1S/C26H19F3N6O2/c1-15-6-7-17(24(36)32-19-5-3-4-18(13-19)26(27,28)29)12-20(15)37-25-21-23(35(2)14-31-21)33-22(34-25)16-8-10-30-11-9-16/h3-14H,1-2H3,(H,32,36). The van der Waals surface area contributed by atoms with Gasteiger partial charge in [-0.2, -0.15) is 18.2 Å². The van der Waals surface area contributed by atoms with Crippen molar-refractivity contribution in [1.29, 1.82) is 0 Å². The number of imidazole rings is 1. The van der Waals surface area contributed by atoms with Crippen molar-refractivity contribution in [3.8, 4) is 23.0 Å². The van der Waals surface area contributed by atoms with Crippen molar-refractivity contribution < 1.29 is 22.7 Å². The van der Waals surface area contributed by atoms with Gasteiger partial charge in [-0.05, 0) is 55.0 Å². The number of hydrogen-bond donors (Lipinski definition) is 1.